The van der Waals surface area contributed by atoms with Gasteiger partial charge in [0.05, 0.1) is 6.54 Å². The summed E-state index contributed by atoms with van der Waals surface area (Å²) in [5, 5.41) is 2.99. The second-order valence-corrected chi connectivity index (χ2v) is 3.26. The molecular weight excluding hydrogens is 210 g/mol. The van der Waals surface area contributed by atoms with E-state index in [1.165, 1.54) is 12.1 Å². The summed E-state index contributed by atoms with van der Waals surface area (Å²) in [6.07, 6.45) is 0. The van der Waals surface area contributed by atoms with Gasteiger partial charge in [0.2, 0.25) is 0 Å². The molecule has 2 nitrogen and oxygen atoms in total. The Labute approximate surface area is 93.8 Å². The number of rotatable bonds is 4. The first-order valence-corrected chi connectivity index (χ1v) is 4.97. The van der Waals surface area contributed by atoms with Crippen LogP contribution in [-0.2, 0) is 0 Å². The van der Waals surface area contributed by atoms with Crippen LogP contribution in [0.15, 0.2) is 18.2 Å². The molecule has 0 amide bonds. The summed E-state index contributed by atoms with van der Waals surface area (Å²) in [6, 6.07) is 3.12. The number of benzene rings is 1. The molecule has 1 aromatic carbocycles. The molecule has 4 heteroatoms. The van der Waals surface area contributed by atoms with Crippen molar-refractivity contribution < 1.29 is 8.78 Å². The maximum absolute atomic E-state index is 13.4. The molecule has 1 unspecified atom stereocenters. The van der Waals surface area contributed by atoms with Crippen LogP contribution in [0.2, 0.25) is 0 Å². The van der Waals surface area contributed by atoms with Gasteiger partial charge in [0.15, 0.2) is 0 Å². The van der Waals surface area contributed by atoms with E-state index in [0.29, 0.717) is 12.1 Å². The Balaban J connectivity index is 2.80. The topological polar surface area (TPSA) is 38.0 Å². The van der Waals surface area contributed by atoms with Gasteiger partial charge in [0, 0.05) is 24.2 Å². The Morgan fingerprint density at radius 2 is 2.19 bits per heavy atom. The molecule has 0 aliphatic rings. The molecule has 16 heavy (non-hydrogen) atoms. The molecule has 86 valence electrons. The van der Waals surface area contributed by atoms with Gasteiger partial charge in [-0.1, -0.05) is 12.0 Å². The number of nitrogens with two attached hydrogens (primary N) is 1. The fourth-order valence-corrected chi connectivity index (χ4v) is 1.37. The van der Waals surface area contributed by atoms with Crippen molar-refractivity contribution in [1.82, 2.24) is 5.32 Å². The van der Waals surface area contributed by atoms with Crippen LogP contribution in [0.25, 0.3) is 0 Å². The second-order valence-electron chi connectivity index (χ2n) is 3.26. The summed E-state index contributed by atoms with van der Waals surface area (Å²) in [5.41, 5.74) is 5.89. The molecule has 0 saturated carbocycles. The molecule has 0 radical (unpaired) electrons. The summed E-state index contributed by atoms with van der Waals surface area (Å²) in [4.78, 5) is 0. The van der Waals surface area contributed by atoms with E-state index in [2.05, 4.69) is 17.2 Å². The smallest absolute Gasteiger partial charge is 0.130 e. The van der Waals surface area contributed by atoms with Crippen molar-refractivity contribution in [3.8, 4) is 11.8 Å². The highest BCUT2D eigenvalue weighted by Crippen LogP contribution is 2.16. The van der Waals surface area contributed by atoms with Crippen LogP contribution in [0.5, 0.6) is 0 Å². The number of nitrogens with one attached hydrogen (secondary N) is 1. The lowest BCUT2D eigenvalue weighted by molar-refractivity contribution is 0.519. The molecule has 0 aliphatic carbocycles. The van der Waals surface area contributed by atoms with Gasteiger partial charge in [0.25, 0.3) is 0 Å². The van der Waals surface area contributed by atoms with Gasteiger partial charge in [-0.3, -0.25) is 5.32 Å². The summed E-state index contributed by atoms with van der Waals surface area (Å²) >= 11 is 0. The highest BCUT2D eigenvalue weighted by Gasteiger charge is 2.13. The van der Waals surface area contributed by atoms with Gasteiger partial charge >= 0.3 is 0 Å². The Morgan fingerprint density at radius 1 is 1.44 bits per heavy atom. The average molecular weight is 224 g/mol. The molecule has 1 atom stereocenters. The van der Waals surface area contributed by atoms with Crippen LogP contribution >= 0.6 is 0 Å². The SMILES string of the molecule is CC#CCNC(CN)c1ccc(F)cc1F. The zero-order valence-electron chi connectivity index (χ0n) is 9.06. The summed E-state index contributed by atoms with van der Waals surface area (Å²) in [7, 11) is 0. The molecule has 0 fully saturated rings. The molecule has 3 N–H and O–H groups in total. The van der Waals surface area contributed by atoms with E-state index in [-0.39, 0.29) is 12.6 Å². The molecule has 0 spiro atoms. The van der Waals surface area contributed by atoms with Gasteiger partial charge in [-0.15, -0.1) is 5.92 Å². The van der Waals surface area contributed by atoms with E-state index in [9.17, 15) is 8.78 Å². The van der Waals surface area contributed by atoms with Crippen LogP contribution in [0.1, 0.15) is 18.5 Å². The van der Waals surface area contributed by atoms with Gasteiger partial charge < -0.3 is 5.73 Å². The minimum Gasteiger partial charge on any atom is -0.329 e. The van der Waals surface area contributed by atoms with Gasteiger partial charge in [-0.2, -0.15) is 0 Å². The van der Waals surface area contributed by atoms with Crippen LogP contribution in [0.3, 0.4) is 0 Å². The first kappa shape index (κ1) is 12.6. The maximum atomic E-state index is 13.4. The van der Waals surface area contributed by atoms with Crippen molar-refractivity contribution in [2.45, 2.75) is 13.0 Å². The molecular formula is C12H14F2N2. The summed E-state index contributed by atoms with van der Waals surface area (Å²) in [6.45, 7) is 2.38. The first-order valence-electron chi connectivity index (χ1n) is 4.97. The van der Waals surface area contributed by atoms with Crippen molar-refractivity contribution >= 4 is 0 Å². The van der Waals surface area contributed by atoms with Crippen molar-refractivity contribution in [3.63, 3.8) is 0 Å². The van der Waals surface area contributed by atoms with Crippen LogP contribution in [0, 0.1) is 23.5 Å². The minimum atomic E-state index is -0.592. The Hall–Kier alpha value is -1.44. The molecule has 1 aromatic rings. The molecule has 0 bridgehead atoms. The molecule has 0 aliphatic heterocycles. The van der Waals surface area contributed by atoms with Gasteiger partial charge in [0.1, 0.15) is 11.6 Å². The highest BCUT2D eigenvalue weighted by molar-refractivity contribution is 5.22. The van der Waals surface area contributed by atoms with Crippen LogP contribution in [0.4, 0.5) is 8.78 Å². The third-order valence-corrected chi connectivity index (χ3v) is 2.19. The van der Waals surface area contributed by atoms with E-state index in [4.69, 9.17) is 5.73 Å². The largest absolute Gasteiger partial charge is 0.329 e. The number of hydrogen-bond donors (Lipinski definition) is 2. The van der Waals surface area contributed by atoms with E-state index in [0.717, 1.165) is 6.07 Å². The van der Waals surface area contributed by atoms with E-state index in [1.54, 1.807) is 6.92 Å². The second kappa shape index (κ2) is 6.21. The zero-order valence-corrected chi connectivity index (χ0v) is 9.06. The first-order chi connectivity index (χ1) is 7.69. The van der Waals surface area contributed by atoms with Crippen molar-refractivity contribution in [3.05, 3.63) is 35.4 Å². The lowest BCUT2D eigenvalue weighted by Crippen LogP contribution is -2.29. The maximum Gasteiger partial charge on any atom is 0.130 e. The van der Waals surface area contributed by atoms with Crippen molar-refractivity contribution in [2.24, 2.45) is 5.73 Å². The van der Waals surface area contributed by atoms with Crippen LogP contribution < -0.4 is 11.1 Å². The lowest BCUT2D eigenvalue weighted by Gasteiger charge is -2.16. The number of hydrogen-bond acceptors (Lipinski definition) is 2. The third kappa shape index (κ3) is 3.30. The van der Waals surface area contributed by atoms with Crippen molar-refractivity contribution in [1.29, 1.82) is 0 Å². The molecule has 1 rings (SSSR count). The zero-order chi connectivity index (χ0) is 12.0. The standard InChI is InChI=1S/C12H14F2N2/c1-2-3-6-16-12(8-15)10-5-4-9(13)7-11(10)14/h4-5,7,12,16H,6,8,15H2,1H3. The van der Waals surface area contributed by atoms with Crippen molar-refractivity contribution in [2.75, 3.05) is 13.1 Å². The Bertz CT molecular complexity index is 407. The Kier molecular flexibility index (Phi) is 4.90. The summed E-state index contributed by atoms with van der Waals surface area (Å²) in [5.74, 6) is 4.33. The fraction of sp³-hybridized carbons (Fsp3) is 0.333. The van der Waals surface area contributed by atoms with Gasteiger partial charge in [-0.05, 0) is 13.0 Å². The van der Waals surface area contributed by atoms with Crippen LogP contribution in [-0.4, -0.2) is 13.1 Å². The van der Waals surface area contributed by atoms with E-state index in [1.807, 2.05) is 0 Å². The lowest BCUT2D eigenvalue weighted by atomic mass is 10.1. The normalized spacial score (nSPS) is 11.8. The predicted octanol–water partition coefficient (Wildman–Crippen LogP) is 1.58. The van der Waals surface area contributed by atoms with E-state index < -0.39 is 11.6 Å². The third-order valence-electron chi connectivity index (χ3n) is 2.19. The average Bonchev–Trinajstić information content (AvgIpc) is 2.26. The monoisotopic (exact) mass is 224 g/mol. The minimum absolute atomic E-state index is 0.230. The predicted molar refractivity (Wildman–Crippen MR) is 59.6 cm³/mol. The fourth-order valence-electron chi connectivity index (χ4n) is 1.37. The summed E-state index contributed by atoms with van der Waals surface area (Å²) < 4.78 is 26.1. The van der Waals surface area contributed by atoms with Gasteiger partial charge in [-0.25, -0.2) is 8.78 Å². The Morgan fingerprint density at radius 3 is 2.75 bits per heavy atom. The van der Waals surface area contributed by atoms with E-state index >= 15 is 0 Å². The molecule has 0 heterocycles. The molecule has 0 aromatic heterocycles. The highest BCUT2D eigenvalue weighted by atomic mass is 19.1. The quantitative estimate of drug-likeness (QED) is 0.762. The number of halogens is 2. The molecule has 0 saturated heterocycles.